The summed E-state index contributed by atoms with van der Waals surface area (Å²) in [4.78, 5) is 37.6. The molecule has 0 bridgehead atoms. The van der Waals surface area contributed by atoms with Crippen molar-refractivity contribution in [3.05, 3.63) is 45.8 Å². The van der Waals surface area contributed by atoms with E-state index in [0.29, 0.717) is 21.8 Å². The van der Waals surface area contributed by atoms with Crippen LogP contribution in [0.2, 0.25) is 0 Å². The fourth-order valence-corrected chi connectivity index (χ4v) is 3.53. The van der Waals surface area contributed by atoms with E-state index in [1.54, 1.807) is 31.2 Å². The molecule has 0 radical (unpaired) electrons. The van der Waals surface area contributed by atoms with Crippen LogP contribution >= 0.6 is 11.3 Å². The maximum Gasteiger partial charge on any atom is 0.341 e. The van der Waals surface area contributed by atoms with Crippen molar-refractivity contribution in [3.63, 3.8) is 0 Å². The summed E-state index contributed by atoms with van der Waals surface area (Å²) in [5.41, 5.74) is 1.00. The van der Waals surface area contributed by atoms with Crippen molar-refractivity contribution in [2.24, 2.45) is 0 Å². The number of nitrogens with one attached hydrogen (secondary N) is 2. The maximum atomic E-state index is 12.6. The van der Waals surface area contributed by atoms with E-state index in [-0.39, 0.29) is 22.5 Å². The molecule has 1 aromatic carbocycles. The Morgan fingerprint density at radius 1 is 1.11 bits per heavy atom. The van der Waals surface area contributed by atoms with Crippen LogP contribution in [0.25, 0.3) is 0 Å². The van der Waals surface area contributed by atoms with E-state index in [4.69, 9.17) is 9.47 Å². The Kier molecular flexibility index (Phi) is 6.57. The molecule has 0 aliphatic heterocycles. The lowest BCUT2D eigenvalue weighted by atomic mass is 10.1. The van der Waals surface area contributed by atoms with Gasteiger partial charge in [0.1, 0.15) is 10.8 Å². The normalized spacial score (nSPS) is 10.4. The second-order valence-electron chi connectivity index (χ2n) is 6.07. The van der Waals surface area contributed by atoms with Crippen LogP contribution in [0.15, 0.2) is 24.3 Å². The average Bonchev–Trinajstić information content (AvgIpc) is 2.96. The number of amides is 2. The van der Waals surface area contributed by atoms with Crippen LogP contribution in [-0.2, 0) is 4.74 Å². The number of methoxy groups -OCH3 is 2. The second kappa shape index (κ2) is 8.68. The van der Waals surface area contributed by atoms with E-state index >= 15 is 0 Å². The second-order valence-corrected chi connectivity index (χ2v) is 7.09. The summed E-state index contributed by atoms with van der Waals surface area (Å²) in [6, 6.07) is 6.56. The number of esters is 1. The van der Waals surface area contributed by atoms with Gasteiger partial charge in [0.25, 0.3) is 11.8 Å². The minimum atomic E-state index is -0.617. The van der Waals surface area contributed by atoms with Crippen LogP contribution in [0.5, 0.6) is 5.75 Å². The molecule has 1 aromatic heterocycles. The fraction of sp³-hybridized carbons (Fsp3) is 0.316. The number of hydrogen-bond donors (Lipinski definition) is 2. The number of hydrogen-bond acceptors (Lipinski definition) is 6. The van der Waals surface area contributed by atoms with Gasteiger partial charge < -0.3 is 20.1 Å². The van der Waals surface area contributed by atoms with Gasteiger partial charge in [-0.3, -0.25) is 9.59 Å². The molecule has 2 aromatic rings. The topological polar surface area (TPSA) is 93.7 Å². The first-order chi connectivity index (χ1) is 12.8. The third kappa shape index (κ3) is 4.65. The highest BCUT2D eigenvalue weighted by molar-refractivity contribution is 7.18. The van der Waals surface area contributed by atoms with E-state index in [1.165, 1.54) is 14.2 Å². The molecule has 0 aliphatic rings. The molecule has 2 rings (SSSR count). The third-order valence-corrected chi connectivity index (χ3v) is 4.93. The monoisotopic (exact) mass is 390 g/mol. The molecule has 144 valence electrons. The Hall–Kier alpha value is -2.87. The van der Waals surface area contributed by atoms with Gasteiger partial charge in [-0.1, -0.05) is 6.07 Å². The Morgan fingerprint density at radius 3 is 2.41 bits per heavy atom. The van der Waals surface area contributed by atoms with Crippen LogP contribution in [0.3, 0.4) is 0 Å². The number of thiophene rings is 1. The van der Waals surface area contributed by atoms with Gasteiger partial charge in [0.15, 0.2) is 0 Å². The van der Waals surface area contributed by atoms with E-state index in [0.717, 1.165) is 11.3 Å². The molecule has 8 heteroatoms. The van der Waals surface area contributed by atoms with Gasteiger partial charge >= 0.3 is 5.97 Å². The summed E-state index contributed by atoms with van der Waals surface area (Å²) in [6.07, 6.45) is 0. The van der Waals surface area contributed by atoms with Gasteiger partial charge in [0, 0.05) is 11.6 Å². The standard InChI is InChI=1S/C19H22N2O5S/c1-10(2)20-17(23)15-11(3)14(19(24)26-5)18(27-15)21-16(22)12-7-6-8-13(9-12)25-4/h6-10H,1-5H3,(H,20,23)(H,21,22). The van der Waals surface area contributed by atoms with Gasteiger partial charge in [-0.25, -0.2) is 4.79 Å². The first-order valence-electron chi connectivity index (χ1n) is 8.26. The smallest absolute Gasteiger partial charge is 0.341 e. The summed E-state index contributed by atoms with van der Waals surface area (Å²) in [5, 5.41) is 5.76. The lowest BCUT2D eigenvalue weighted by Crippen LogP contribution is -2.29. The molecule has 0 unspecified atom stereocenters. The zero-order valence-electron chi connectivity index (χ0n) is 15.8. The summed E-state index contributed by atoms with van der Waals surface area (Å²) in [7, 11) is 2.76. The SMILES string of the molecule is COC(=O)c1c(NC(=O)c2cccc(OC)c2)sc(C(=O)NC(C)C)c1C. The molecule has 27 heavy (non-hydrogen) atoms. The number of carbonyl (C=O) groups is 3. The number of ether oxygens (including phenoxy) is 2. The molecule has 0 aliphatic carbocycles. The zero-order chi connectivity index (χ0) is 20.1. The number of anilines is 1. The number of benzene rings is 1. The molecule has 0 saturated carbocycles. The molecule has 0 spiro atoms. The van der Waals surface area contributed by atoms with Crippen molar-refractivity contribution in [1.29, 1.82) is 0 Å². The first-order valence-corrected chi connectivity index (χ1v) is 9.08. The van der Waals surface area contributed by atoms with Crippen LogP contribution in [0.1, 0.15) is 49.8 Å². The lowest BCUT2D eigenvalue weighted by Gasteiger charge is -2.07. The first kappa shape index (κ1) is 20.4. The highest BCUT2D eigenvalue weighted by atomic mass is 32.1. The molecule has 0 fully saturated rings. The highest BCUT2D eigenvalue weighted by Gasteiger charge is 2.26. The van der Waals surface area contributed by atoms with Gasteiger partial charge in [0.2, 0.25) is 0 Å². The molecule has 0 atom stereocenters. The van der Waals surface area contributed by atoms with Crippen LogP contribution in [0, 0.1) is 6.92 Å². The summed E-state index contributed by atoms with van der Waals surface area (Å²) in [6.45, 7) is 5.33. The lowest BCUT2D eigenvalue weighted by molar-refractivity contribution is 0.0601. The predicted octanol–water partition coefficient (Wildman–Crippen LogP) is 3.24. The van der Waals surface area contributed by atoms with Gasteiger partial charge in [0.05, 0.1) is 24.7 Å². The number of carbonyl (C=O) groups excluding carboxylic acids is 3. The zero-order valence-corrected chi connectivity index (χ0v) is 16.7. The van der Waals surface area contributed by atoms with Crippen molar-refractivity contribution in [2.75, 3.05) is 19.5 Å². The molecule has 7 nitrogen and oxygen atoms in total. The Labute approximate surface area is 161 Å². The van der Waals surface area contributed by atoms with Crippen LogP contribution in [-0.4, -0.2) is 38.0 Å². The Morgan fingerprint density at radius 2 is 1.81 bits per heavy atom. The van der Waals surface area contributed by atoms with Gasteiger partial charge in [-0.2, -0.15) is 0 Å². The number of rotatable bonds is 6. The summed E-state index contributed by atoms with van der Waals surface area (Å²) in [5.74, 6) is -0.806. The Balaban J connectivity index is 2.40. The highest BCUT2D eigenvalue weighted by Crippen LogP contribution is 2.34. The van der Waals surface area contributed by atoms with Crippen molar-refractivity contribution in [3.8, 4) is 5.75 Å². The van der Waals surface area contributed by atoms with Gasteiger partial charge in [-0.05, 0) is 44.5 Å². The van der Waals surface area contributed by atoms with Gasteiger partial charge in [-0.15, -0.1) is 11.3 Å². The quantitative estimate of drug-likeness (QED) is 0.739. The molecule has 2 amide bonds. The van der Waals surface area contributed by atoms with Crippen LogP contribution < -0.4 is 15.4 Å². The molecule has 0 saturated heterocycles. The summed E-state index contributed by atoms with van der Waals surface area (Å²) < 4.78 is 9.94. The minimum Gasteiger partial charge on any atom is -0.497 e. The van der Waals surface area contributed by atoms with E-state index in [2.05, 4.69) is 10.6 Å². The van der Waals surface area contributed by atoms with Crippen molar-refractivity contribution >= 4 is 34.1 Å². The largest absolute Gasteiger partial charge is 0.497 e. The van der Waals surface area contributed by atoms with E-state index in [1.807, 2.05) is 13.8 Å². The van der Waals surface area contributed by atoms with Crippen molar-refractivity contribution in [1.82, 2.24) is 5.32 Å². The minimum absolute atomic E-state index is 0.0598. The fourth-order valence-electron chi connectivity index (χ4n) is 2.43. The predicted molar refractivity (Wildman–Crippen MR) is 104 cm³/mol. The molecular formula is C19H22N2O5S. The molecular weight excluding hydrogens is 368 g/mol. The maximum absolute atomic E-state index is 12.6. The van der Waals surface area contributed by atoms with Crippen molar-refractivity contribution < 1.29 is 23.9 Å². The summed E-state index contributed by atoms with van der Waals surface area (Å²) >= 11 is 1.04. The average molecular weight is 390 g/mol. The van der Waals surface area contributed by atoms with E-state index in [9.17, 15) is 14.4 Å². The molecule has 2 N–H and O–H groups in total. The van der Waals surface area contributed by atoms with E-state index < -0.39 is 11.9 Å². The van der Waals surface area contributed by atoms with Crippen molar-refractivity contribution in [2.45, 2.75) is 26.8 Å². The molecule has 1 heterocycles. The third-order valence-electron chi connectivity index (χ3n) is 3.72. The Bertz CT molecular complexity index is 873. The van der Waals surface area contributed by atoms with Crippen LogP contribution in [0.4, 0.5) is 5.00 Å².